The summed E-state index contributed by atoms with van der Waals surface area (Å²) < 4.78 is 4.85. The van der Waals surface area contributed by atoms with E-state index in [1.165, 1.54) is 0 Å². The molecule has 0 aliphatic carbocycles. The van der Waals surface area contributed by atoms with Gasteiger partial charge in [-0.25, -0.2) is 9.59 Å². The van der Waals surface area contributed by atoms with Crippen molar-refractivity contribution >= 4 is 12.0 Å². The highest BCUT2D eigenvalue weighted by Gasteiger charge is 2.38. The van der Waals surface area contributed by atoms with E-state index in [-0.39, 0.29) is 19.5 Å². The number of aliphatic hydroxyl groups is 1. The number of nitrogens with zero attached hydrogens (tertiary/aromatic N) is 2. The minimum Gasteiger partial charge on any atom is -0.480 e. The third kappa shape index (κ3) is 3.02. The third-order valence-electron chi connectivity index (χ3n) is 2.92. The van der Waals surface area contributed by atoms with Crippen LogP contribution in [0.5, 0.6) is 0 Å². The molecule has 0 spiro atoms. The third-order valence-corrected chi connectivity index (χ3v) is 2.92. The van der Waals surface area contributed by atoms with Gasteiger partial charge >= 0.3 is 12.0 Å². The van der Waals surface area contributed by atoms with Crippen LogP contribution >= 0.6 is 0 Å². The normalized spacial score (nSPS) is 22.5. The van der Waals surface area contributed by atoms with Crippen molar-refractivity contribution in [3.05, 3.63) is 17.5 Å². The predicted molar refractivity (Wildman–Crippen MR) is 62.2 cm³/mol. The van der Waals surface area contributed by atoms with E-state index in [2.05, 4.69) is 10.5 Å². The Morgan fingerprint density at radius 2 is 2.37 bits per heavy atom. The van der Waals surface area contributed by atoms with Gasteiger partial charge in [-0.15, -0.1) is 0 Å². The Hall–Kier alpha value is -2.09. The molecule has 1 aliphatic heterocycles. The number of aliphatic carboxylic acids is 1. The van der Waals surface area contributed by atoms with Crippen molar-refractivity contribution in [1.82, 2.24) is 15.4 Å². The minimum absolute atomic E-state index is 0.0145. The molecule has 1 aliphatic rings. The molecule has 2 rings (SSSR count). The van der Waals surface area contributed by atoms with Crippen molar-refractivity contribution < 1.29 is 24.3 Å². The van der Waals surface area contributed by atoms with Gasteiger partial charge in [0.25, 0.3) is 0 Å². The number of hydrogen-bond acceptors (Lipinski definition) is 5. The first-order valence-electron chi connectivity index (χ1n) is 5.85. The Morgan fingerprint density at radius 3 is 2.95 bits per heavy atom. The predicted octanol–water partition coefficient (Wildman–Crippen LogP) is -0.288. The van der Waals surface area contributed by atoms with Crippen LogP contribution in [0.2, 0.25) is 0 Å². The Balaban J connectivity index is 1.93. The first-order chi connectivity index (χ1) is 8.97. The lowest BCUT2D eigenvalue weighted by atomic mass is 10.2. The molecule has 0 unspecified atom stereocenters. The molecule has 1 aromatic rings. The lowest BCUT2D eigenvalue weighted by Gasteiger charge is -2.21. The lowest BCUT2D eigenvalue weighted by molar-refractivity contribution is -0.141. The van der Waals surface area contributed by atoms with Crippen LogP contribution in [0, 0.1) is 6.92 Å². The molecular formula is C11H15N3O5. The Morgan fingerprint density at radius 1 is 1.63 bits per heavy atom. The maximum absolute atomic E-state index is 11.9. The number of carboxylic acids is 1. The van der Waals surface area contributed by atoms with E-state index in [0.29, 0.717) is 11.5 Å². The van der Waals surface area contributed by atoms with E-state index in [9.17, 15) is 14.7 Å². The summed E-state index contributed by atoms with van der Waals surface area (Å²) in [6.45, 7) is 1.89. The Labute approximate surface area is 109 Å². The summed E-state index contributed by atoms with van der Waals surface area (Å²) in [6.07, 6.45) is -0.757. The van der Waals surface area contributed by atoms with Gasteiger partial charge in [0.15, 0.2) is 0 Å². The van der Waals surface area contributed by atoms with Crippen molar-refractivity contribution in [3.63, 3.8) is 0 Å². The summed E-state index contributed by atoms with van der Waals surface area (Å²) >= 11 is 0. The second-order valence-electron chi connectivity index (χ2n) is 4.48. The highest BCUT2D eigenvalue weighted by atomic mass is 16.5. The van der Waals surface area contributed by atoms with Crippen LogP contribution < -0.4 is 5.32 Å². The number of nitrogens with one attached hydrogen (secondary N) is 1. The zero-order valence-corrected chi connectivity index (χ0v) is 10.4. The molecule has 2 heterocycles. The number of aryl methyl sites for hydroxylation is 1. The maximum Gasteiger partial charge on any atom is 0.326 e. The van der Waals surface area contributed by atoms with Crippen LogP contribution in [0.1, 0.15) is 17.9 Å². The zero-order valence-electron chi connectivity index (χ0n) is 10.4. The van der Waals surface area contributed by atoms with Crippen LogP contribution in [0.25, 0.3) is 0 Å². The second-order valence-corrected chi connectivity index (χ2v) is 4.48. The van der Waals surface area contributed by atoms with Crippen LogP contribution in [0.4, 0.5) is 4.79 Å². The van der Waals surface area contributed by atoms with Gasteiger partial charge in [-0.05, 0) is 6.92 Å². The van der Waals surface area contributed by atoms with Crippen LogP contribution in [-0.4, -0.2) is 51.0 Å². The number of likely N-dealkylation sites (tertiary alicyclic amines) is 1. The van der Waals surface area contributed by atoms with E-state index in [0.717, 1.165) is 4.90 Å². The molecule has 104 valence electrons. The summed E-state index contributed by atoms with van der Waals surface area (Å²) in [4.78, 5) is 24.0. The molecule has 0 saturated carbocycles. The highest BCUT2D eigenvalue weighted by molar-refractivity contribution is 5.83. The van der Waals surface area contributed by atoms with E-state index in [1.807, 2.05) is 0 Å². The first kappa shape index (κ1) is 13.3. The molecule has 3 N–H and O–H groups in total. The van der Waals surface area contributed by atoms with Gasteiger partial charge in [0.1, 0.15) is 17.5 Å². The molecule has 1 saturated heterocycles. The standard InChI is InChI=1S/C11H15N3O5/c1-6-2-7(13-19-6)4-12-11(18)14-5-8(15)3-9(14)10(16)17/h2,8-9,15H,3-5H2,1H3,(H,12,18)(H,16,17)/t8-,9-/m1/s1. The van der Waals surface area contributed by atoms with E-state index in [1.54, 1.807) is 13.0 Å². The Kier molecular flexibility index (Phi) is 3.70. The fraction of sp³-hybridized carbons (Fsp3) is 0.545. The first-order valence-corrected chi connectivity index (χ1v) is 5.85. The number of amides is 2. The molecule has 0 radical (unpaired) electrons. The summed E-state index contributed by atoms with van der Waals surface area (Å²) in [6, 6.07) is 0.145. The van der Waals surface area contributed by atoms with Gasteiger partial charge in [-0.3, -0.25) is 0 Å². The van der Waals surface area contributed by atoms with Gasteiger partial charge in [0, 0.05) is 19.0 Å². The molecule has 0 aromatic carbocycles. The molecule has 1 aromatic heterocycles. The highest BCUT2D eigenvalue weighted by Crippen LogP contribution is 2.18. The second kappa shape index (κ2) is 5.27. The van der Waals surface area contributed by atoms with Gasteiger partial charge in [-0.2, -0.15) is 0 Å². The molecule has 2 amide bonds. The molecular weight excluding hydrogens is 254 g/mol. The van der Waals surface area contributed by atoms with Crippen LogP contribution in [0.3, 0.4) is 0 Å². The zero-order chi connectivity index (χ0) is 14.0. The molecule has 0 bridgehead atoms. The number of carbonyl (C=O) groups is 2. The van der Waals surface area contributed by atoms with Gasteiger partial charge in [0.2, 0.25) is 0 Å². The fourth-order valence-electron chi connectivity index (χ4n) is 2.04. The van der Waals surface area contributed by atoms with Gasteiger partial charge < -0.3 is 25.0 Å². The topological polar surface area (TPSA) is 116 Å². The average molecular weight is 269 g/mol. The van der Waals surface area contributed by atoms with Crippen molar-refractivity contribution in [1.29, 1.82) is 0 Å². The number of aromatic nitrogens is 1. The van der Waals surface area contributed by atoms with Gasteiger partial charge in [-0.1, -0.05) is 5.16 Å². The fourth-order valence-corrected chi connectivity index (χ4v) is 2.04. The van der Waals surface area contributed by atoms with Crippen LogP contribution in [0.15, 0.2) is 10.6 Å². The van der Waals surface area contributed by atoms with Crippen molar-refractivity contribution in [2.75, 3.05) is 6.54 Å². The molecule has 19 heavy (non-hydrogen) atoms. The summed E-state index contributed by atoms with van der Waals surface area (Å²) in [5.74, 6) is -0.492. The maximum atomic E-state index is 11.9. The number of rotatable bonds is 3. The summed E-state index contributed by atoms with van der Waals surface area (Å²) in [5, 5.41) is 24.7. The number of urea groups is 1. The number of hydrogen-bond donors (Lipinski definition) is 3. The number of aliphatic hydroxyl groups excluding tert-OH is 1. The number of carboxylic acid groups (broad SMARTS) is 1. The van der Waals surface area contributed by atoms with E-state index >= 15 is 0 Å². The van der Waals surface area contributed by atoms with Crippen LogP contribution in [-0.2, 0) is 11.3 Å². The largest absolute Gasteiger partial charge is 0.480 e. The quantitative estimate of drug-likeness (QED) is 0.694. The smallest absolute Gasteiger partial charge is 0.326 e. The molecule has 2 atom stereocenters. The van der Waals surface area contributed by atoms with Gasteiger partial charge in [0.05, 0.1) is 12.6 Å². The summed E-state index contributed by atoms with van der Waals surface area (Å²) in [7, 11) is 0. The van der Waals surface area contributed by atoms with Crippen molar-refractivity contribution in [2.45, 2.75) is 32.0 Å². The average Bonchev–Trinajstić information content (AvgIpc) is 2.92. The SMILES string of the molecule is Cc1cc(CNC(=O)N2C[C@H](O)C[C@@H]2C(=O)O)no1. The van der Waals surface area contributed by atoms with E-state index in [4.69, 9.17) is 9.63 Å². The monoisotopic (exact) mass is 269 g/mol. The van der Waals surface area contributed by atoms with Crippen molar-refractivity contribution in [3.8, 4) is 0 Å². The number of carbonyl (C=O) groups excluding carboxylic acids is 1. The molecule has 8 nitrogen and oxygen atoms in total. The lowest BCUT2D eigenvalue weighted by Crippen LogP contribution is -2.46. The molecule has 1 fully saturated rings. The van der Waals surface area contributed by atoms with Crippen molar-refractivity contribution in [2.24, 2.45) is 0 Å². The Bertz CT molecular complexity index is 486. The molecule has 8 heteroatoms. The van der Waals surface area contributed by atoms with E-state index < -0.39 is 24.1 Å². The summed E-state index contributed by atoms with van der Waals surface area (Å²) in [5.41, 5.74) is 0.553. The minimum atomic E-state index is -1.12. The number of β-amino-alcohol motifs (C(OH)–C–C–N with tert-alkyl or cyclic N) is 1.